The third kappa shape index (κ3) is 1.74. The minimum Gasteiger partial charge on any atom is -0.465 e. The zero-order valence-corrected chi connectivity index (χ0v) is 7.39. The number of rotatable bonds is 2. The van der Waals surface area contributed by atoms with E-state index in [1.54, 1.807) is 6.26 Å². The molecule has 0 amide bonds. The van der Waals surface area contributed by atoms with Crippen LogP contribution in [0.1, 0.15) is 11.3 Å². The third-order valence-electron chi connectivity index (χ3n) is 1.26. The van der Waals surface area contributed by atoms with Crippen LogP contribution in [0.3, 0.4) is 0 Å². The molecule has 0 saturated carbocycles. The average molecular weight is 201 g/mol. The Morgan fingerprint density at radius 3 is 3.00 bits per heavy atom. The predicted molar refractivity (Wildman–Crippen MR) is 46.3 cm³/mol. The number of aryl methyl sites for hydroxylation is 1. The fourth-order valence-electron chi connectivity index (χ4n) is 0.707. The lowest BCUT2D eigenvalue weighted by Gasteiger charge is -1.85. The average Bonchev–Trinajstić information content (AvgIpc) is 2.31. The first-order chi connectivity index (χ1) is 4.84. The lowest BCUT2D eigenvalue weighted by molar-refractivity contribution is 0.555. The maximum absolute atomic E-state index is 5.16. The van der Waals surface area contributed by atoms with Crippen molar-refractivity contribution in [2.45, 2.75) is 6.92 Å². The molecule has 54 valence electrons. The van der Waals surface area contributed by atoms with Gasteiger partial charge < -0.3 is 4.42 Å². The van der Waals surface area contributed by atoms with Crippen LogP contribution in [0.5, 0.6) is 0 Å². The Morgan fingerprint density at radius 1 is 1.70 bits per heavy atom. The van der Waals surface area contributed by atoms with E-state index >= 15 is 0 Å². The Kier molecular flexibility index (Phi) is 2.75. The molecule has 0 saturated heterocycles. The van der Waals surface area contributed by atoms with Crippen LogP contribution >= 0.6 is 15.9 Å². The van der Waals surface area contributed by atoms with Crippen molar-refractivity contribution < 1.29 is 4.42 Å². The second kappa shape index (κ2) is 3.62. The highest BCUT2D eigenvalue weighted by molar-refractivity contribution is 9.09. The van der Waals surface area contributed by atoms with Crippen molar-refractivity contribution in [3.63, 3.8) is 0 Å². The van der Waals surface area contributed by atoms with Crippen LogP contribution < -0.4 is 0 Å². The maximum atomic E-state index is 5.16. The zero-order chi connectivity index (χ0) is 7.40. The molecule has 0 radical (unpaired) electrons. The van der Waals surface area contributed by atoms with E-state index in [-0.39, 0.29) is 0 Å². The van der Waals surface area contributed by atoms with E-state index in [1.807, 2.05) is 25.1 Å². The highest BCUT2D eigenvalue weighted by Gasteiger charge is 1.93. The van der Waals surface area contributed by atoms with Crippen LogP contribution in [0.25, 0.3) is 6.08 Å². The van der Waals surface area contributed by atoms with Gasteiger partial charge >= 0.3 is 0 Å². The smallest absolute Gasteiger partial charge is 0.129 e. The molecule has 1 nitrogen and oxygen atoms in total. The summed E-state index contributed by atoms with van der Waals surface area (Å²) < 4.78 is 5.16. The lowest BCUT2D eigenvalue weighted by atomic mass is 10.3. The topological polar surface area (TPSA) is 13.1 Å². The summed E-state index contributed by atoms with van der Waals surface area (Å²) in [5.41, 5.74) is 1.18. The molecule has 2 heteroatoms. The summed E-state index contributed by atoms with van der Waals surface area (Å²) in [6, 6.07) is 1.95. The molecule has 0 aromatic carbocycles. The van der Waals surface area contributed by atoms with Crippen molar-refractivity contribution in [3.8, 4) is 0 Å². The quantitative estimate of drug-likeness (QED) is 0.670. The molecule has 0 N–H and O–H groups in total. The number of furan rings is 1. The summed E-state index contributed by atoms with van der Waals surface area (Å²) >= 11 is 3.29. The maximum Gasteiger partial charge on any atom is 0.129 e. The van der Waals surface area contributed by atoms with E-state index in [9.17, 15) is 0 Å². The molecule has 0 spiro atoms. The second-order valence-corrected chi connectivity index (χ2v) is 2.67. The van der Waals surface area contributed by atoms with Crippen molar-refractivity contribution >= 4 is 22.0 Å². The van der Waals surface area contributed by atoms with E-state index in [2.05, 4.69) is 15.9 Å². The van der Waals surface area contributed by atoms with Gasteiger partial charge in [0.25, 0.3) is 0 Å². The van der Waals surface area contributed by atoms with Crippen LogP contribution in [-0.2, 0) is 0 Å². The SMILES string of the molecule is Cc1ccoc1/C=C/CBr. The highest BCUT2D eigenvalue weighted by Crippen LogP contribution is 2.10. The van der Waals surface area contributed by atoms with Gasteiger partial charge in [-0.05, 0) is 24.6 Å². The summed E-state index contributed by atoms with van der Waals surface area (Å²) in [6.45, 7) is 2.03. The van der Waals surface area contributed by atoms with Gasteiger partial charge in [-0.1, -0.05) is 22.0 Å². The molecule has 10 heavy (non-hydrogen) atoms. The van der Waals surface area contributed by atoms with Crippen molar-refractivity contribution in [3.05, 3.63) is 29.7 Å². The summed E-state index contributed by atoms with van der Waals surface area (Å²) in [5.74, 6) is 0.944. The molecule has 1 heterocycles. The van der Waals surface area contributed by atoms with Gasteiger partial charge in [0.05, 0.1) is 6.26 Å². The van der Waals surface area contributed by atoms with Gasteiger partial charge in [-0.3, -0.25) is 0 Å². The van der Waals surface area contributed by atoms with Crippen LogP contribution in [-0.4, -0.2) is 5.33 Å². The first-order valence-electron chi connectivity index (χ1n) is 3.11. The van der Waals surface area contributed by atoms with E-state index in [4.69, 9.17) is 4.42 Å². The molecule has 0 aliphatic carbocycles. The Labute approximate surface area is 68.9 Å². The fourth-order valence-corrected chi connectivity index (χ4v) is 0.894. The van der Waals surface area contributed by atoms with Crippen LogP contribution in [0, 0.1) is 6.92 Å². The number of alkyl halides is 1. The van der Waals surface area contributed by atoms with Crippen molar-refractivity contribution in [1.82, 2.24) is 0 Å². The van der Waals surface area contributed by atoms with E-state index in [1.165, 1.54) is 5.56 Å². The molecule has 0 aliphatic heterocycles. The monoisotopic (exact) mass is 200 g/mol. The van der Waals surface area contributed by atoms with Gasteiger partial charge in [-0.2, -0.15) is 0 Å². The summed E-state index contributed by atoms with van der Waals surface area (Å²) in [7, 11) is 0. The van der Waals surface area contributed by atoms with Crippen LogP contribution in [0.15, 0.2) is 22.8 Å². The molecular weight excluding hydrogens is 192 g/mol. The van der Waals surface area contributed by atoms with Crippen molar-refractivity contribution in [2.24, 2.45) is 0 Å². The van der Waals surface area contributed by atoms with Gasteiger partial charge in [0.1, 0.15) is 5.76 Å². The number of hydrogen-bond donors (Lipinski definition) is 0. The largest absolute Gasteiger partial charge is 0.465 e. The first-order valence-corrected chi connectivity index (χ1v) is 4.23. The molecule has 0 fully saturated rings. The highest BCUT2D eigenvalue weighted by atomic mass is 79.9. The third-order valence-corrected chi connectivity index (χ3v) is 1.63. The Balaban J connectivity index is 2.74. The Bertz CT molecular complexity index is 225. The molecule has 0 aliphatic rings. The fraction of sp³-hybridized carbons (Fsp3) is 0.250. The summed E-state index contributed by atoms with van der Waals surface area (Å²) in [5, 5.41) is 0.868. The molecule has 1 aromatic heterocycles. The molecule has 0 atom stereocenters. The molecule has 0 unspecified atom stereocenters. The summed E-state index contributed by atoms with van der Waals surface area (Å²) in [6.07, 6.45) is 5.67. The normalized spacial score (nSPS) is 11.0. The lowest BCUT2D eigenvalue weighted by Crippen LogP contribution is -1.68. The first kappa shape index (κ1) is 7.61. The number of hydrogen-bond acceptors (Lipinski definition) is 1. The summed E-state index contributed by atoms with van der Waals surface area (Å²) in [4.78, 5) is 0. The van der Waals surface area contributed by atoms with E-state index in [0.717, 1.165) is 11.1 Å². The molecule has 1 rings (SSSR count). The number of allylic oxidation sites excluding steroid dienone is 1. The van der Waals surface area contributed by atoms with E-state index in [0.29, 0.717) is 0 Å². The van der Waals surface area contributed by atoms with Crippen molar-refractivity contribution in [1.29, 1.82) is 0 Å². The van der Waals surface area contributed by atoms with Crippen LogP contribution in [0.4, 0.5) is 0 Å². The van der Waals surface area contributed by atoms with E-state index < -0.39 is 0 Å². The minimum atomic E-state index is 0.868. The standard InChI is InChI=1S/C8H9BrO/c1-7-4-6-10-8(7)3-2-5-9/h2-4,6H,5H2,1H3/b3-2+. The van der Waals surface area contributed by atoms with Gasteiger partial charge in [0, 0.05) is 5.33 Å². The van der Waals surface area contributed by atoms with Crippen LogP contribution in [0.2, 0.25) is 0 Å². The van der Waals surface area contributed by atoms with Gasteiger partial charge in [0.15, 0.2) is 0 Å². The minimum absolute atomic E-state index is 0.868. The molecule has 0 bridgehead atoms. The molecule has 1 aromatic rings. The van der Waals surface area contributed by atoms with Gasteiger partial charge in [-0.15, -0.1) is 0 Å². The van der Waals surface area contributed by atoms with Gasteiger partial charge in [-0.25, -0.2) is 0 Å². The predicted octanol–water partition coefficient (Wildman–Crippen LogP) is 3.00. The zero-order valence-electron chi connectivity index (χ0n) is 5.80. The Morgan fingerprint density at radius 2 is 2.50 bits per heavy atom. The number of halogens is 1. The van der Waals surface area contributed by atoms with Gasteiger partial charge in [0.2, 0.25) is 0 Å². The molecular formula is C8H9BrO. The van der Waals surface area contributed by atoms with Crippen molar-refractivity contribution in [2.75, 3.05) is 5.33 Å². The second-order valence-electron chi connectivity index (χ2n) is 2.02. The Hall–Kier alpha value is -0.500.